The van der Waals surface area contributed by atoms with E-state index >= 15 is 4.39 Å². The average molecular weight is 807 g/mol. The number of pyridine rings is 2. The minimum absolute atomic E-state index is 0.0210. The number of carbonyl (C=O) groups is 2. The van der Waals surface area contributed by atoms with Gasteiger partial charge < -0.3 is 39.6 Å². The van der Waals surface area contributed by atoms with Gasteiger partial charge >= 0.3 is 6.03 Å². The van der Waals surface area contributed by atoms with Crippen LogP contribution in [0.1, 0.15) is 56.9 Å². The molecule has 1 aliphatic carbocycles. The molecule has 3 N–H and O–H groups in total. The predicted octanol–water partition coefficient (Wildman–Crippen LogP) is 7.16. The molecule has 308 valence electrons. The number of ether oxygens (including phenoxy) is 5. The minimum Gasteiger partial charge on any atom is -0.453 e. The summed E-state index contributed by atoms with van der Waals surface area (Å²) < 4.78 is 43.4. The van der Waals surface area contributed by atoms with Crippen LogP contribution in [0.4, 0.5) is 14.9 Å². The lowest BCUT2D eigenvalue weighted by Gasteiger charge is -2.21. The van der Waals surface area contributed by atoms with E-state index < -0.39 is 5.82 Å². The first-order valence-electron chi connectivity index (χ1n) is 20.1. The van der Waals surface area contributed by atoms with Crippen LogP contribution in [0.5, 0.6) is 11.5 Å². The van der Waals surface area contributed by atoms with E-state index in [-0.39, 0.29) is 29.6 Å². The van der Waals surface area contributed by atoms with Gasteiger partial charge in [-0.05, 0) is 87.9 Å². The number of rotatable bonds is 21. The summed E-state index contributed by atoms with van der Waals surface area (Å²) in [6, 6.07) is 12.1. The van der Waals surface area contributed by atoms with Gasteiger partial charge in [0.1, 0.15) is 5.75 Å². The molecule has 2 aliphatic rings. The second-order valence-electron chi connectivity index (χ2n) is 14.4. The lowest BCUT2D eigenvalue weighted by Crippen LogP contribution is -2.33. The Morgan fingerprint density at radius 2 is 1.65 bits per heavy atom. The number of hydrogen-bond acceptors (Lipinski definition) is 11. The number of benzene rings is 1. The van der Waals surface area contributed by atoms with Crippen molar-refractivity contribution in [1.82, 2.24) is 25.5 Å². The van der Waals surface area contributed by atoms with Crippen molar-refractivity contribution in [3.63, 3.8) is 0 Å². The third kappa shape index (κ3) is 14.0. The molecule has 4 heterocycles. The molecule has 1 saturated carbocycles. The lowest BCUT2D eigenvalue weighted by atomic mass is 9.96. The van der Waals surface area contributed by atoms with Crippen LogP contribution in [0.25, 0.3) is 20.8 Å². The Bertz CT molecular complexity index is 1860. The summed E-state index contributed by atoms with van der Waals surface area (Å²) in [5.74, 6) is 0.102. The molecule has 3 aromatic heterocycles. The summed E-state index contributed by atoms with van der Waals surface area (Å²) in [6.45, 7) is 7.10. The van der Waals surface area contributed by atoms with E-state index in [0.717, 1.165) is 97.4 Å². The molecular formula is C42H55FN6O7S. The molecule has 3 amide bonds. The van der Waals surface area contributed by atoms with E-state index in [4.69, 9.17) is 28.7 Å². The number of hydrogen-bond donors (Lipinski definition) is 3. The first kappa shape index (κ1) is 42.4. The second kappa shape index (κ2) is 22.6. The Hall–Kier alpha value is -4.25. The maximum absolute atomic E-state index is 15.0. The Balaban J connectivity index is 0.913. The molecule has 1 aromatic carbocycles. The zero-order valence-electron chi connectivity index (χ0n) is 32.8. The first-order chi connectivity index (χ1) is 27.9. The molecule has 1 aliphatic heterocycles. The molecule has 15 heteroatoms. The van der Waals surface area contributed by atoms with Gasteiger partial charge in [-0.1, -0.05) is 12.5 Å². The second-order valence-corrected chi connectivity index (χ2v) is 15.4. The van der Waals surface area contributed by atoms with Crippen LogP contribution >= 0.6 is 11.3 Å². The molecule has 6 rings (SSSR count). The van der Waals surface area contributed by atoms with Gasteiger partial charge in [-0.25, -0.2) is 9.18 Å². The van der Waals surface area contributed by atoms with Crippen molar-refractivity contribution >= 4 is 39.2 Å². The molecule has 1 atom stereocenters. The van der Waals surface area contributed by atoms with E-state index in [1.165, 1.54) is 23.5 Å². The van der Waals surface area contributed by atoms with Crippen LogP contribution in [0.2, 0.25) is 0 Å². The minimum atomic E-state index is -0.582. The van der Waals surface area contributed by atoms with Gasteiger partial charge in [-0.2, -0.15) is 0 Å². The standard InChI is InChI=1S/C42H55FN6O7S/c1-52-19-5-20-53-22-24-55-25-23-54-21-16-45-41(50)31-6-2-3-17-49(18-4-7-31)29-30-8-12-35(46-28-30)39-27-36-40(57-39)38(14-15-44-36)56-37-13-11-33(26-34(37)43)48-42(51)47-32-9-10-32/h8,11-15,26-28,31-32H,2-7,9-10,16-25,29H2,1H3,(H,45,50)(H2,47,48,51). The molecular weight excluding hydrogens is 752 g/mol. The molecule has 0 spiro atoms. The Morgan fingerprint density at radius 3 is 2.42 bits per heavy atom. The highest BCUT2D eigenvalue weighted by Crippen LogP contribution is 2.39. The molecule has 57 heavy (non-hydrogen) atoms. The molecule has 0 radical (unpaired) electrons. The van der Waals surface area contributed by atoms with Crippen LogP contribution in [-0.2, 0) is 30.3 Å². The van der Waals surface area contributed by atoms with Gasteiger partial charge in [-0.3, -0.25) is 19.7 Å². The molecule has 13 nitrogen and oxygen atoms in total. The predicted molar refractivity (Wildman–Crippen MR) is 218 cm³/mol. The quantitative estimate of drug-likeness (QED) is 0.0742. The van der Waals surface area contributed by atoms with Crippen molar-refractivity contribution in [2.45, 2.75) is 64.0 Å². The average Bonchev–Trinajstić information content (AvgIpc) is 3.88. The monoisotopic (exact) mass is 806 g/mol. The van der Waals surface area contributed by atoms with Crippen molar-refractivity contribution in [3.8, 4) is 22.1 Å². The number of methoxy groups -OCH3 is 1. The Morgan fingerprint density at radius 1 is 0.860 bits per heavy atom. The number of urea groups is 1. The summed E-state index contributed by atoms with van der Waals surface area (Å²) in [5.41, 5.74) is 3.04. The number of fused-ring (bicyclic) bond motifs is 1. The fraction of sp³-hybridized carbons (Fsp3) is 0.524. The van der Waals surface area contributed by atoms with E-state index in [1.807, 2.05) is 18.3 Å². The van der Waals surface area contributed by atoms with E-state index in [1.54, 1.807) is 25.4 Å². The summed E-state index contributed by atoms with van der Waals surface area (Å²) >= 11 is 1.49. The normalized spacial score (nSPS) is 16.4. The lowest BCUT2D eigenvalue weighted by molar-refractivity contribution is -0.125. The molecule has 0 bridgehead atoms. The highest BCUT2D eigenvalue weighted by Gasteiger charge is 2.24. The zero-order valence-corrected chi connectivity index (χ0v) is 33.6. The van der Waals surface area contributed by atoms with Crippen molar-refractivity contribution in [3.05, 3.63) is 66.2 Å². The highest BCUT2D eigenvalue weighted by atomic mass is 32.1. The maximum Gasteiger partial charge on any atom is 0.319 e. The summed E-state index contributed by atoms with van der Waals surface area (Å²) in [4.78, 5) is 37.7. The number of nitrogens with one attached hydrogen (secondary N) is 3. The number of thiophene rings is 1. The Kier molecular flexibility index (Phi) is 16.8. The third-order valence-corrected chi connectivity index (χ3v) is 10.9. The number of nitrogens with zero attached hydrogens (tertiary/aromatic N) is 3. The van der Waals surface area contributed by atoms with Crippen LogP contribution in [0.15, 0.2) is 54.9 Å². The van der Waals surface area contributed by atoms with Crippen molar-refractivity contribution < 1.29 is 37.7 Å². The largest absolute Gasteiger partial charge is 0.453 e. The number of halogens is 1. The first-order valence-corrected chi connectivity index (χ1v) is 20.9. The Labute approximate surface area is 338 Å². The molecule has 4 aromatic rings. The van der Waals surface area contributed by atoms with E-state index in [9.17, 15) is 9.59 Å². The van der Waals surface area contributed by atoms with Gasteiger partial charge in [0, 0.05) is 75.6 Å². The van der Waals surface area contributed by atoms with Crippen LogP contribution < -0.4 is 20.7 Å². The molecule has 1 saturated heterocycles. The smallest absolute Gasteiger partial charge is 0.319 e. The molecule has 2 fully saturated rings. The summed E-state index contributed by atoms with van der Waals surface area (Å²) in [5, 5.41) is 8.56. The highest BCUT2D eigenvalue weighted by molar-refractivity contribution is 7.22. The zero-order chi connectivity index (χ0) is 39.7. The van der Waals surface area contributed by atoms with Crippen LogP contribution in [0.3, 0.4) is 0 Å². The van der Waals surface area contributed by atoms with Gasteiger partial charge in [0.15, 0.2) is 11.6 Å². The number of amides is 3. The fourth-order valence-electron chi connectivity index (χ4n) is 6.61. The maximum atomic E-state index is 15.0. The summed E-state index contributed by atoms with van der Waals surface area (Å²) in [7, 11) is 1.68. The fourth-order valence-corrected chi connectivity index (χ4v) is 7.65. The van der Waals surface area contributed by atoms with Crippen LogP contribution in [0, 0.1) is 11.7 Å². The van der Waals surface area contributed by atoms with Crippen molar-refractivity contribution in [2.24, 2.45) is 5.92 Å². The molecule has 1 unspecified atom stereocenters. The SMILES string of the molecule is COCCCOCCOCCOCCNC(=O)C1CCCCN(Cc2ccc(-c3cc4nccc(Oc5ccc(NC(=O)NC6CC6)cc5F)c4s3)nc2)CCC1. The van der Waals surface area contributed by atoms with Crippen molar-refractivity contribution in [2.75, 3.05) is 78.3 Å². The number of aromatic nitrogens is 2. The van der Waals surface area contributed by atoms with Gasteiger partial charge in [0.25, 0.3) is 0 Å². The van der Waals surface area contributed by atoms with Gasteiger partial charge in [-0.15, -0.1) is 11.3 Å². The topological polar surface area (TPSA) is 145 Å². The van der Waals surface area contributed by atoms with Crippen molar-refractivity contribution in [1.29, 1.82) is 0 Å². The number of anilines is 1. The third-order valence-electron chi connectivity index (χ3n) is 9.78. The van der Waals surface area contributed by atoms with Gasteiger partial charge in [0.05, 0.1) is 53.8 Å². The van der Waals surface area contributed by atoms with E-state index in [2.05, 4.69) is 31.9 Å². The summed E-state index contributed by atoms with van der Waals surface area (Å²) in [6.07, 6.45) is 11.1. The van der Waals surface area contributed by atoms with Crippen LogP contribution in [-0.4, -0.2) is 106 Å². The van der Waals surface area contributed by atoms with E-state index in [0.29, 0.717) is 64.2 Å². The van der Waals surface area contributed by atoms with Gasteiger partial charge in [0.2, 0.25) is 5.91 Å². The number of carbonyl (C=O) groups excluding carboxylic acids is 2.